The summed E-state index contributed by atoms with van der Waals surface area (Å²) in [6.45, 7) is 10.00. The highest BCUT2D eigenvalue weighted by Gasteiger charge is 2.27. The predicted molar refractivity (Wildman–Crippen MR) is 148 cm³/mol. The van der Waals surface area contributed by atoms with E-state index in [0.717, 1.165) is 84.5 Å². The van der Waals surface area contributed by atoms with Crippen LogP contribution in [-0.4, -0.2) is 59.9 Å². The predicted octanol–water partition coefficient (Wildman–Crippen LogP) is 5.15. The second kappa shape index (κ2) is 9.22. The van der Waals surface area contributed by atoms with Gasteiger partial charge in [-0.2, -0.15) is 5.26 Å². The Kier molecular flexibility index (Phi) is 6.03. The zero-order chi connectivity index (χ0) is 25.0. The van der Waals surface area contributed by atoms with E-state index in [1.807, 2.05) is 18.2 Å². The molecule has 0 spiro atoms. The highest BCUT2D eigenvalue weighted by molar-refractivity contribution is 9.10. The molecule has 4 aromatic rings. The fraction of sp³-hybridized carbons (Fsp3) is 0.429. The molecular formula is C28H30BrN5O2. The minimum absolute atomic E-state index is 0.0196. The molecule has 7 nitrogen and oxygen atoms in total. The van der Waals surface area contributed by atoms with Crippen LogP contribution in [0.3, 0.4) is 0 Å². The number of hydrogen-bond donors (Lipinski definition) is 1. The zero-order valence-electron chi connectivity index (χ0n) is 20.7. The second-order valence-corrected chi connectivity index (χ2v) is 11.1. The number of morpholine rings is 1. The number of aromatic amines is 1. The van der Waals surface area contributed by atoms with Crippen LogP contribution in [0, 0.1) is 11.3 Å². The van der Waals surface area contributed by atoms with Crippen molar-refractivity contribution >= 4 is 54.5 Å². The summed E-state index contributed by atoms with van der Waals surface area (Å²) < 4.78 is 8.72. The molecule has 0 bridgehead atoms. The van der Waals surface area contributed by atoms with E-state index in [1.165, 1.54) is 0 Å². The van der Waals surface area contributed by atoms with Gasteiger partial charge in [0.05, 0.1) is 41.4 Å². The van der Waals surface area contributed by atoms with Crippen molar-refractivity contribution in [2.24, 2.45) is 0 Å². The maximum atomic E-state index is 13.8. The van der Waals surface area contributed by atoms with Crippen LogP contribution in [0.1, 0.15) is 38.3 Å². The van der Waals surface area contributed by atoms with Gasteiger partial charge in [0.15, 0.2) is 5.43 Å². The summed E-state index contributed by atoms with van der Waals surface area (Å²) in [5.74, 6) is 0. The molecule has 186 valence electrons. The molecule has 2 aromatic carbocycles. The highest BCUT2D eigenvalue weighted by Crippen LogP contribution is 2.36. The van der Waals surface area contributed by atoms with Crippen molar-refractivity contribution < 1.29 is 4.74 Å². The van der Waals surface area contributed by atoms with Crippen LogP contribution in [0.2, 0.25) is 0 Å². The van der Waals surface area contributed by atoms with Crippen LogP contribution in [0.5, 0.6) is 0 Å². The van der Waals surface area contributed by atoms with Gasteiger partial charge in [0.25, 0.3) is 0 Å². The molecule has 2 aliphatic heterocycles. The molecule has 4 heterocycles. The number of H-pyrrole nitrogens is 1. The number of fused-ring (bicyclic) bond motifs is 4. The zero-order valence-corrected chi connectivity index (χ0v) is 22.3. The van der Waals surface area contributed by atoms with Gasteiger partial charge in [-0.05, 0) is 66.9 Å². The highest BCUT2D eigenvalue weighted by atomic mass is 79.9. The number of pyridine rings is 1. The molecule has 2 aliphatic rings. The number of rotatable bonds is 3. The molecule has 36 heavy (non-hydrogen) atoms. The van der Waals surface area contributed by atoms with E-state index in [4.69, 9.17) is 4.74 Å². The summed E-state index contributed by atoms with van der Waals surface area (Å²) in [6.07, 6.45) is 2.26. The molecule has 1 N–H and O–H groups in total. The lowest BCUT2D eigenvalue weighted by Gasteiger charge is -2.41. The minimum atomic E-state index is 0.0196. The molecule has 6 rings (SSSR count). The van der Waals surface area contributed by atoms with E-state index in [0.29, 0.717) is 22.4 Å². The second-order valence-electron chi connectivity index (χ2n) is 10.2. The van der Waals surface area contributed by atoms with Crippen LogP contribution in [0.4, 0.5) is 5.69 Å². The average Bonchev–Trinajstić information content (AvgIpc) is 3.27. The summed E-state index contributed by atoms with van der Waals surface area (Å²) in [6, 6.07) is 12.6. The monoisotopic (exact) mass is 547 g/mol. The molecule has 0 radical (unpaired) electrons. The summed E-state index contributed by atoms with van der Waals surface area (Å²) in [5.41, 5.74) is 4.29. The Morgan fingerprint density at radius 1 is 1.08 bits per heavy atom. The molecule has 0 amide bonds. The first-order chi connectivity index (χ1) is 17.5. The number of nitrogens with zero attached hydrogens (tertiary/aromatic N) is 4. The molecule has 0 unspecified atom stereocenters. The minimum Gasteiger partial charge on any atom is -0.379 e. The van der Waals surface area contributed by atoms with E-state index in [-0.39, 0.29) is 11.5 Å². The molecule has 8 heteroatoms. The summed E-state index contributed by atoms with van der Waals surface area (Å²) >= 11 is 3.80. The normalized spacial score (nSPS) is 18.0. The Morgan fingerprint density at radius 3 is 2.53 bits per heavy atom. The SMILES string of the molecule is CC(C)n1c2cc(N3CCC(N4CCOCC4)CC3)c(Br)cc2c(=O)c2c3ccc(C#N)cc3[nH]c21. The van der Waals surface area contributed by atoms with Gasteiger partial charge in [-0.15, -0.1) is 0 Å². The Hall–Kier alpha value is -2.86. The van der Waals surface area contributed by atoms with Gasteiger partial charge >= 0.3 is 0 Å². The number of nitriles is 1. The number of benzene rings is 2. The van der Waals surface area contributed by atoms with Crippen LogP contribution < -0.4 is 10.3 Å². The van der Waals surface area contributed by atoms with Crippen molar-refractivity contribution in [3.05, 3.63) is 50.6 Å². The van der Waals surface area contributed by atoms with Crippen molar-refractivity contribution in [2.75, 3.05) is 44.3 Å². The van der Waals surface area contributed by atoms with E-state index in [9.17, 15) is 10.1 Å². The lowest BCUT2D eigenvalue weighted by molar-refractivity contribution is 0.0115. The van der Waals surface area contributed by atoms with Gasteiger partial charge in [-0.25, -0.2) is 0 Å². The van der Waals surface area contributed by atoms with Gasteiger partial charge in [0, 0.05) is 59.0 Å². The number of nitrogens with one attached hydrogen (secondary N) is 1. The molecule has 2 aromatic heterocycles. The van der Waals surface area contributed by atoms with Gasteiger partial charge in [0.1, 0.15) is 5.65 Å². The molecule has 0 saturated carbocycles. The molecule has 0 atom stereocenters. The number of aromatic nitrogens is 2. The maximum absolute atomic E-state index is 13.8. The van der Waals surface area contributed by atoms with Crippen LogP contribution >= 0.6 is 15.9 Å². The Bertz CT molecular complexity index is 1570. The first kappa shape index (κ1) is 23.5. The Labute approximate surface area is 218 Å². The van der Waals surface area contributed by atoms with Crippen molar-refractivity contribution in [1.29, 1.82) is 5.26 Å². The van der Waals surface area contributed by atoms with Crippen molar-refractivity contribution in [1.82, 2.24) is 14.5 Å². The Balaban J connectivity index is 1.46. The first-order valence-electron chi connectivity index (χ1n) is 12.8. The first-order valence-corrected chi connectivity index (χ1v) is 13.6. The molecule has 2 saturated heterocycles. The summed E-state index contributed by atoms with van der Waals surface area (Å²) in [4.78, 5) is 22.3. The fourth-order valence-electron chi connectivity index (χ4n) is 6.04. The van der Waals surface area contributed by atoms with Gasteiger partial charge in [-0.3, -0.25) is 9.69 Å². The summed E-state index contributed by atoms with van der Waals surface area (Å²) in [5, 5.41) is 11.6. The van der Waals surface area contributed by atoms with Crippen molar-refractivity contribution in [2.45, 2.75) is 38.8 Å². The maximum Gasteiger partial charge on any atom is 0.199 e. The molecule has 0 aliphatic carbocycles. The number of ether oxygens (including phenoxy) is 1. The van der Waals surface area contributed by atoms with Crippen LogP contribution in [-0.2, 0) is 4.74 Å². The topological polar surface area (TPSA) is 77.3 Å². The van der Waals surface area contributed by atoms with E-state index < -0.39 is 0 Å². The number of halogens is 1. The van der Waals surface area contributed by atoms with E-state index in [1.54, 1.807) is 6.07 Å². The fourth-order valence-corrected chi connectivity index (χ4v) is 6.64. The third-order valence-corrected chi connectivity index (χ3v) is 8.46. The van der Waals surface area contributed by atoms with Gasteiger partial charge < -0.3 is 19.2 Å². The van der Waals surface area contributed by atoms with E-state index >= 15 is 0 Å². The smallest absolute Gasteiger partial charge is 0.199 e. The third-order valence-electron chi connectivity index (χ3n) is 7.83. The molecular weight excluding hydrogens is 518 g/mol. The Morgan fingerprint density at radius 2 is 1.83 bits per heavy atom. The average molecular weight is 548 g/mol. The van der Waals surface area contributed by atoms with Crippen molar-refractivity contribution in [3.8, 4) is 6.07 Å². The standard InChI is InChI=1S/C28H30BrN5O2/c1-17(2)34-24-15-25(33-7-5-19(6-8-33)32-9-11-36-12-10-32)22(29)14-21(24)27(35)26-20-4-3-18(16-30)13-23(20)31-28(26)34/h3-4,13-15,17,19,31H,5-12H2,1-2H3. The van der Waals surface area contributed by atoms with Crippen LogP contribution in [0.15, 0.2) is 39.6 Å². The summed E-state index contributed by atoms with van der Waals surface area (Å²) in [7, 11) is 0. The lowest BCUT2D eigenvalue weighted by Crippen LogP contribution is -2.49. The molecule has 2 fully saturated rings. The number of hydrogen-bond acceptors (Lipinski definition) is 5. The number of piperidine rings is 1. The van der Waals surface area contributed by atoms with Crippen molar-refractivity contribution in [3.63, 3.8) is 0 Å². The lowest BCUT2D eigenvalue weighted by atomic mass is 10.0. The largest absolute Gasteiger partial charge is 0.379 e. The van der Waals surface area contributed by atoms with Crippen LogP contribution in [0.25, 0.3) is 32.8 Å². The van der Waals surface area contributed by atoms with E-state index in [2.05, 4.69) is 61.3 Å². The third kappa shape index (κ3) is 3.81. The quantitative estimate of drug-likeness (QED) is 0.383. The van der Waals surface area contributed by atoms with Gasteiger partial charge in [-0.1, -0.05) is 6.07 Å². The number of anilines is 1. The van der Waals surface area contributed by atoms with Gasteiger partial charge in [0.2, 0.25) is 0 Å².